The molecule has 2 heterocycles. The van der Waals surface area contributed by atoms with E-state index in [0.717, 1.165) is 0 Å². The van der Waals surface area contributed by atoms with Crippen LogP contribution in [0.5, 0.6) is 0 Å². The molecule has 0 aliphatic carbocycles. The summed E-state index contributed by atoms with van der Waals surface area (Å²) >= 11 is 0. The van der Waals surface area contributed by atoms with Crippen LogP contribution in [0.1, 0.15) is 0 Å². The van der Waals surface area contributed by atoms with E-state index in [1.165, 1.54) is 0 Å². The molecule has 2 aliphatic rings. The number of hydrogen-bond acceptors (Lipinski definition) is 9. The number of nitrogens with one attached hydrogen (secondary N) is 1. The molecule has 9 heteroatoms. The van der Waals surface area contributed by atoms with Crippen molar-refractivity contribution in [3.63, 3.8) is 0 Å². The van der Waals surface area contributed by atoms with Gasteiger partial charge in [0.15, 0.2) is 0 Å². The highest BCUT2D eigenvalue weighted by Gasteiger charge is 2.43. The summed E-state index contributed by atoms with van der Waals surface area (Å²) in [7, 11) is 0. The maximum Gasteiger partial charge on any atom is 0.139 e. The summed E-state index contributed by atoms with van der Waals surface area (Å²) in [6.45, 7) is -0.381. The van der Waals surface area contributed by atoms with E-state index in [0.29, 0.717) is 0 Å². The van der Waals surface area contributed by atoms with Gasteiger partial charge in [0.05, 0.1) is 13.2 Å². The van der Waals surface area contributed by atoms with Gasteiger partial charge in [-0.3, -0.25) is 5.32 Å². The van der Waals surface area contributed by atoms with Gasteiger partial charge in [-0.25, -0.2) is 0 Å². The van der Waals surface area contributed by atoms with Crippen LogP contribution in [0.15, 0.2) is 0 Å². The van der Waals surface area contributed by atoms with Crippen LogP contribution in [0.25, 0.3) is 0 Å². The SMILES string of the molecule is OC1COC(NC2OCC(O)C(O)C2O)C(O)C1O. The van der Waals surface area contributed by atoms with E-state index in [4.69, 9.17) is 9.47 Å². The van der Waals surface area contributed by atoms with Gasteiger partial charge in [0, 0.05) is 0 Å². The molecule has 7 N–H and O–H groups in total. The third kappa shape index (κ3) is 3.05. The molecule has 19 heavy (non-hydrogen) atoms. The molecule has 0 aromatic rings. The number of aliphatic hydroxyl groups excluding tert-OH is 6. The van der Waals surface area contributed by atoms with Crippen LogP contribution in [0.4, 0.5) is 0 Å². The Morgan fingerprint density at radius 2 is 1.00 bits per heavy atom. The van der Waals surface area contributed by atoms with Crippen molar-refractivity contribution >= 4 is 0 Å². The summed E-state index contributed by atoms with van der Waals surface area (Å²) < 4.78 is 10.2. The lowest BCUT2D eigenvalue weighted by Crippen LogP contribution is -2.65. The Balaban J connectivity index is 1.94. The molecule has 2 aliphatic heterocycles. The van der Waals surface area contributed by atoms with Gasteiger partial charge >= 0.3 is 0 Å². The monoisotopic (exact) mass is 281 g/mol. The minimum atomic E-state index is -1.41. The van der Waals surface area contributed by atoms with Crippen LogP contribution in [-0.4, -0.2) is 92.9 Å². The second-order valence-corrected chi connectivity index (χ2v) is 4.77. The first kappa shape index (κ1) is 15.0. The van der Waals surface area contributed by atoms with Crippen molar-refractivity contribution in [2.75, 3.05) is 13.2 Å². The van der Waals surface area contributed by atoms with E-state index in [9.17, 15) is 30.6 Å². The molecule has 2 rings (SSSR count). The molecule has 2 saturated heterocycles. The van der Waals surface area contributed by atoms with E-state index < -0.39 is 49.1 Å². The van der Waals surface area contributed by atoms with Crippen LogP contribution >= 0.6 is 0 Å². The van der Waals surface area contributed by atoms with Crippen LogP contribution in [0.2, 0.25) is 0 Å². The average Bonchev–Trinajstić information content (AvgIpc) is 2.39. The predicted octanol–water partition coefficient (Wildman–Crippen LogP) is -4.55. The molecule has 2 fully saturated rings. The maximum atomic E-state index is 9.70. The van der Waals surface area contributed by atoms with E-state index in [1.807, 2.05) is 0 Å². The van der Waals surface area contributed by atoms with Crippen molar-refractivity contribution in [3.05, 3.63) is 0 Å². The zero-order valence-electron chi connectivity index (χ0n) is 10.0. The average molecular weight is 281 g/mol. The Morgan fingerprint density at radius 1 is 0.632 bits per heavy atom. The number of hydrogen-bond donors (Lipinski definition) is 7. The predicted molar refractivity (Wildman–Crippen MR) is 58.7 cm³/mol. The highest BCUT2D eigenvalue weighted by molar-refractivity contribution is 4.90. The first-order valence-corrected chi connectivity index (χ1v) is 5.99. The quantitative estimate of drug-likeness (QED) is 0.265. The van der Waals surface area contributed by atoms with Crippen molar-refractivity contribution < 1.29 is 40.1 Å². The van der Waals surface area contributed by atoms with Crippen LogP contribution in [0.3, 0.4) is 0 Å². The second-order valence-electron chi connectivity index (χ2n) is 4.77. The lowest BCUT2D eigenvalue weighted by molar-refractivity contribution is -0.236. The molecule has 112 valence electrons. The van der Waals surface area contributed by atoms with E-state index >= 15 is 0 Å². The van der Waals surface area contributed by atoms with Crippen LogP contribution < -0.4 is 5.32 Å². The second kappa shape index (κ2) is 5.95. The Kier molecular flexibility index (Phi) is 4.71. The zero-order valence-corrected chi connectivity index (χ0v) is 10.0. The Labute approximate surface area is 109 Å². The number of rotatable bonds is 2. The molecule has 0 spiro atoms. The highest BCUT2D eigenvalue weighted by atomic mass is 16.6. The fourth-order valence-corrected chi connectivity index (χ4v) is 2.07. The van der Waals surface area contributed by atoms with Gasteiger partial charge in [0.25, 0.3) is 0 Å². The number of aliphatic hydroxyl groups is 6. The lowest BCUT2D eigenvalue weighted by Gasteiger charge is -2.41. The fraction of sp³-hybridized carbons (Fsp3) is 1.00. The molecule has 0 aromatic heterocycles. The van der Waals surface area contributed by atoms with Crippen molar-refractivity contribution in [2.24, 2.45) is 0 Å². The van der Waals surface area contributed by atoms with Gasteiger partial charge in [-0.2, -0.15) is 0 Å². The Hall–Kier alpha value is -0.360. The Bertz CT molecular complexity index is 277. The minimum absolute atomic E-state index is 0.191. The van der Waals surface area contributed by atoms with Gasteiger partial charge in [-0.15, -0.1) is 0 Å². The summed E-state index contributed by atoms with van der Waals surface area (Å²) in [5.41, 5.74) is 0. The topological polar surface area (TPSA) is 152 Å². The molecule has 0 saturated carbocycles. The smallest absolute Gasteiger partial charge is 0.139 e. The van der Waals surface area contributed by atoms with Gasteiger partial charge in [-0.05, 0) is 0 Å². The van der Waals surface area contributed by atoms with Crippen LogP contribution in [0, 0.1) is 0 Å². The third-order valence-corrected chi connectivity index (χ3v) is 3.33. The summed E-state index contributed by atoms with van der Waals surface area (Å²) in [5.74, 6) is 0. The van der Waals surface area contributed by atoms with Crippen LogP contribution in [-0.2, 0) is 9.47 Å². The van der Waals surface area contributed by atoms with E-state index in [2.05, 4.69) is 5.32 Å². The van der Waals surface area contributed by atoms with E-state index in [1.54, 1.807) is 0 Å². The molecule has 0 amide bonds. The number of ether oxygens (including phenoxy) is 2. The van der Waals surface area contributed by atoms with Crippen molar-refractivity contribution in [1.82, 2.24) is 5.32 Å². The standard InChI is InChI=1S/C10H19NO8/c12-3-1-18-9(7(16)5(3)14)11-10-8(17)6(15)4(13)2-19-10/h3-17H,1-2H2. The summed E-state index contributed by atoms with van der Waals surface area (Å²) in [4.78, 5) is 0. The normalized spacial score (nSPS) is 52.1. The molecule has 8 unspecified atom stereocenters. The highest BCUT2D eigenvalue weighted by Crippen LogP contribution is 2.18. The largest absolute Gasteiger partial charge is 0.388 e. The molecule has 9 nitrogen and oxygen atoms in total. The minimum Gasteiger partial charge on any atom is -0.388 e. The molecule has 0 radical (unpaired) electrons. The molecule has 0 bridgehead atoms. The summed E-state index contributed by atoms with van der Waals surface area (Å²) in [6.07, 6.45) is -10.1. The zero-order chi connectivity index (χ0) is 14.2. The van der Waals surface area contributed by atoms with Gasteiger partial charge in [-0.1, -0.05) is 0 Å². The molecule has 0 aromatic carbocycles. The first-order valence-electron chi connectivity index (χ1n) is 5.99. The van der Waals surface area contributed by atoms with E-state index in [-0.39, 0.29) is 13.2 Å². The first-order chi connectivity index (χ1) is 8.91. The fourth-order valence-electron chi connectivity index (χ4n) is 2.07. The summed E-state index contributed by atoms with van der Waals surface area (Å²) in [6, 6.07) is 0. The van der Waals surface area contributed by atoms with Crippen molar-refractivity contribution in [1.29, 1.82) is 0 Å². The molecular formula is C10H19NO8. The summed E-state index contributed by atoms with van der Waals surface area (Å²) in [5, 5.41) is 59.5. The van der Waals surface area contributed by atoms with Gasteiger partial charge < -0.3 is 40.1 Å². The molecule has 8 atom stereocenters. The van der Waals surface area contributed by atoms with Gasteiger partial charge in [0.2, 0.25) is 0 Å². The maximum absolute atomic E-state index is 9.70. The molecular weight excluding hydrogens is 262 g/mol. The van der Waals surface area contributed by atoms with Crippen molar-refractivity contribution in [2.45, 2.75) is 49.1 Å². The Morgan fingerprint density at radius 3 is 1.37 bits per heavy atom. The lowest BCUT2D eigenvalue weighted by atomic mass is 10.0. The van der Waals surface area contributed by atoms with Gasteiger partial charge in [0.1, 0.15) is 49.1 Å². The van der Waals surface area contributed by atoms with Crippen molar-refractivity contribution in [3.8, 4) is 0 Å². The third-order valence-electron chi connectivity index (χ3n) is 3.33.